The summed E-state index contributed by atoms with van der Waals surface area (Å²) in [5.74, 6) is -6.76. The first-order valence-electron chi connectivity index (χ1n) is 14.9. The number of carboxylic acids is 1. The molecule has 3 rings (SSSR count). The van der Waals surface area contributed by atoms with Crippen molar-refractivity contribution in [3.63, 3.8) is 0 Å². The average molecular weight is 755 g/mol. The van der Waals surface area contributed by atoms with Crippen LogP contribution in [-0.4, -0.2) is 199 Å². The molecule has 3 aliphatic heterocycles. The van der Waals surface area contributed by atoms with Crippen molar-refractivity contribution in [2.45, 2.75) is 118 Å². The fraction of sp³-hybridized carbons (Fsp3) is 0.880. The van der Waals surface area contributed by atoms with Gasteiger partial charge in [-0.2, -0.15) is 8.42 Å². The second-order valence-electron chi connectivity index (χ2n) is 11.8. The highest BCUT2D eigenvalue weighted by atomic mass is 32.3. The summed E-state index contributed by atoms with van der Waals surface area (Å²) in [7, 11) is -5.09. The molecule has 0 aliphatic carbocycles. The number of carbonyl (C=O) groups is 3. The third-order valence-corrected chi connectivity index (χ3v) is 8.50. The van der Waals surface area contributed by atoms with E-state index in [9.17, 15) is 73.9 Å². The molecule has 16 atom stereocenters. The van der Waals surface area contributed by atoms with E-state index < -0.39 is 152 Å². The second-order valence-corrected chi connectivity index (χ2v) is 12.9. The number of carboxylic acid groups (broad SMARTS) is 1. The lowest BCUT2D eigenvalue weighted by Crippen LogP contribution is -2.71. The van der Waals surface area contributed by atoms with Crippen molar-refractivity contribution in [2.24, 2.45) is 0 Å². The van der Waals surface area contributed by atoms with E-state index in [0.29, 0.717) is 0 Å². The van der Waals surface area contributed by atoms with Crippen molar-refractivity contribution in [1.82, 2.24) is 10.6 Å². The zero-order chi connectivity index (χ0) is 37.9. The van der Waals surface area contributed by atoms with E-state index in [1.165, 1.54) is 0 Å². The predicted octanol–water partition coefficient (Wildman–Crippen LogP) is -8.25. The van der Waals surface area contributed by atoms with Crippen LogP contribution in [0.4, 0.5) is 0 Å². The van der Waals surface area contributed by atoms with Gasteiger partial charge in [-0.3, -0.25) is 14.1 Å². The van der Waals surface area contributed by atoms with Crippen LogP contribution in [0, 0.1) is 0 Å². The van der Waals surface area contributed by atoms with Gasteiger partial charge in [-0.15, -0.1) is 0 Å². The van der Waals surface area contributed by atoms with Crippen LogP contribution in [0.1, 0.15) is 20.3 Å². The van der Waals surface area contributed by atoms with Crippen molar-refractivity contribution in [3.05, 3.63) is 0 Å². The number of aliphatic hydroxyl groups excluding tert-OH is 9. The Morgan fingerprint density at radius 3 is 2.00 bits per heavy atom. The van der Waals surface area contributed by atoms with Crippen LogP contribution >= 0.6 is 0 Å². The van der Waals surface area contributed by atoms with Crippen molar-refractivity contribution in [1.29, 1.82) is 0 Å². The third-order valence-electron chi connectivity index (χ3n) is 8.07. The van der Waals surface area contributed by atoms with E-state index in [1.54, 1.807) is 0 Å². The molecule has 3 saturated heterocycles. The van der Waals surface area contributed by atoms with E-state index in [1.807, 2.05) is 0 Å². The molecular formula is C25H42N2O22S. The first-order valence-corrected chi connectivity index (χ1v) is 16.2. The van der Waals surface area contributed by atoms with E-state index in [0.717, 1.165) is 13.8 Å². The standard InChI is InChI=1S/C25H42N2O22S/c1-7(30)26-13-9(32)3-25(24(39)40,48-20(13)15(34)10(33)4-28)49-21-16(35)11(5-29)46-23(18(21)37)47-19-14(27-8(2)31)22(38)45-12(17(19)36)6-44-50(41,42)43/h9-23,28-29,32-38H,3-6H2,1-2H3,(H,26,30)(H,27,31)(H,39,40)(H,41,42,43)/t9-,10+,11+,12+,13+,14+,15+,16-,17-,18+,19+,20+,21-,22-,23-,25-/m0/s1. The van der Waals surface area contributed by atoms with Crippen LogP contribution in [0.25, 0.3) is 0 Å². The highest BCUT2D eigenvalue weighted by Crippen LogP contribution is 2.38. The van der Waals surface area contributed by atoms with Crippen molar-refractivity contribution >= 4 is 28.2 Å². The van der Waals surface area contributed by atoms with Gasteiger partial charge < -0.3 is 85.4 Å². The maximum Gasteiger partial charge on any atom is 0.397 e. The Labute approximate surface area is 283 Å². The summed E-state index contributed by atoms with van der Waals surface area (Å²) in [5.41, 5.74) is 0. The molecule has 0 aromatic heterocycles. The van der Waals surface area contributed by atoms with Gasteiger partial charge in [-0.05, 0) is 0 Å². The lowest BCUT2D eigenvalue weighted by molar-refractivity contribution is -0.380. The minimum atomic E-state index is -5.09. The molecule has 0 unspecified atom stereocenters. The van der Waals surface area contributed by atoms with Crippen LogP contribution in [-0.2, 0) is 52.7 Å². The number of nitrogens with one attached hydrogen (secondary N) is 2. The maximum absolute atomic E-state index is 12.7. The van der Waals surface area contributed by atoms with Gasteiger partial charge in [0.05, 0.1) is 32.0 Å². The predicted molar refractivity (Wildman–Crippen MR) is 152 cm³/mol. The summed E-state index contributed by atoms with van der Waals surface area (Å²) in [6, 6.07) is -3.30. The van der Waals surface area contributed by atoms with Crippen molar-refractivity contribution < 1.29 is 106 Å². The molecule has 50 heavy (non-hydrogen) atoms. The summed E-state index contributed by atoms with van der Waals surface area (Å²) in [4.78, 5) is 36.4. The maximum atomic E-state index is 12.7. The lowest BCUT2D eigenvalue weighted by Gasteiger charge is -2.50. The SMILES string of the molecule is CC(=O)N[C@@H]1[C@@H](O[C@@H]2O[C@H](CO)[C@H](O)[C@H](O[C@]3(C(=O)O)C[C@H](O)[C@@H](NC(C)=O)[C@H]([C@H](O)[C@H](O)CO)O3)[C@H]2O)[C@@H](O)[C@@H](COS(=O)(=O)O)O[C@@H]1O. The molecule has 290 valence electrons. The molecule has 0 bridgehead atoms. The summed E-state index contributed by atoms with van der Waals surface area (Å²) < 4.78 is 62.5. The Balaban J connectivity index is 1.99. The first kappa shape index (κ1) is 42.1. The zero-order valence-electron chi connectivity index (χ0n) is 26.3. The van der Waals surface area contributed by atoms with E-state index in [4.69, 9.17) is 28.2 Å². The minimum absolute atomic E-state index is 0.789. The lowest BCUT2D eigenvalue weighted by atomic mass is 9.88. The smallest absolute Gasteiger partial charge is 0.397 e. The fourth-order valence-electron chi connectivity index (χ4n) is 5.70. The molecule has 2 amide bonds. The molecule has 0 saturated carbocycles. The zero-order valence-corrected chi connectivity index (χ0v) is 27.1. The second kappa shape index (κ2) is 17.0. The Kier molecular flexibility index (Phi) is 14.4. The molecule has 3 fully saturated rings. The van der Waals surface area contributed by atoms with Gasteiger partial charge in [0.1, 0.15) is 67.1 Å². The monoisotopic (exact) mass is 754 g/mol. The first-order chi connectivity index (χ1) is 23.2. The van der Waals surface area contributed by atoms with Gasteiger partial charge in [-0.25, -0.2) is 8.98 Å². The fourth-order valence-corrected chi connectivity index (χ4v) is 6.01. The normalized spacial score (nSPS) is 40.8. The topological polar surface area (TPSA) is 387 Å². The number of hydrogen-bond acceptors (Lipinski definition) is 20. The van der Waals surface area contributed by atoms with Gasteiger partial charge in [0, 0.05) is 20.3 Å². The number of carbonyl (C=O) groups excluding carboxylic acids is 2. The van der Waals surface area contributed by atoms with E-state index in [2.05, 4.69) is 14.8 Å². The molecule has 24 nitrogen and oxygen atoms in total. The van der Waals surface area contributed by atoms with Gasteiger partial charge in [0.25, 0.3) is 5.79 Å². The number of rotatable bonds is 14. The minimum Gasteiger partial charge on any atom is -0.477 e. The van der Waals surface area contributed by atoms with Crippen LogP contribution in [0.2, 0.25) is 0 Å². The summed E-state index contributed by atoms with van der Waals surface area (Å²) in [6.07, 6.45) is -27.6. The quantitative estimate of drug-likeness (QED) is 0.0732. The number of amides is 2. The Bertz CT molecular complexity index is 1290. The molecule has 3 heterocycles. The molecule has 3 aliphatic rings. The number of hydrogen-bond donors (Lipinski definition) is 13. The molecular weight excluding hydrogens is 712 g/mol. The van der Waals surface area contributed by atoms with Crippen LogP contribution in [0.15, 0.2) is 0 Å². The molecule has 0 aromatic carbocycles. The van der Waals surface area contributed by atoms with E-state index in [-0.39, 0.29) is 0 Å². The average Bonchev–Trinajstić information content (AvgIpc) is 3.02. The third kappa shape index (κ3) is 9.77. The summed E-state index contributed by atoms with van der Waals surface area (Å²) in [5, 5.41) is 109. The molecule has 25 heteroatoms. The molecule has 13 N–H and O–H groups in total. The van der Waals surface area contributed by atoms with Gasteiger partial charge in [0.2, 0.25) is 11.8 Å². The van der Waals surface area contributed by atoms with Crippen LogP contribution < -0.4 is 10.6 Å². The van der Waals surface area contributed by atoms with Crippen molar-refractivity contribution in [3.8, 4) is 0 Å². The highest BCUT2D eigenvalue weighted by Gasteiger charge is 2.60. The molecule has 0 radical (unpaired) electrons. The van der Waals surface area contributed by atoms with Gasteiger partial charge in [0.15, 0.2) is 12.6 Å². The van der Waals surface area contributed by atoms with Crippen LogP contribution in [0.3, 0.4) is 0 Å². The number of ether oxygens (including phenoxy) is 5. The summed E-state index contributed by atoms with van der Waals surface area (Å²) >= 11 is 0. The Morgan fingerprint density at radius 1 is 0.900 bits per heavy atom. The van der Waals surface area contributed by atoms with Gasteiger partial charge in [-0.1, -0.05) is 0 Å². The van der Waals surface area contributed by atoms with Crippen LogP contribution in [0.5, 0.6) is 0 Å². The van der Waals surface area contributed by atoms with Crippen molar-refractivity contribution in [2.75, 3.05) is 19.8 Å². The molecule has 0 spiro atoms. The highest BCUT2D eigenvalue weighted by molar-refractivity contribution is 7.80. The Morgan fingerprint density at radius 2 is 1.48 bits per heavy atom. The van der Waals surface area contributed by atoms with Gasteiger partial charge >= 0.3 is 16.4 Å². The largest absolute Gasteiger partial charge is 0.477 e. The summed E-state index contributed by atoms with van der Waals surface area (Å²) in [6.45, 7) is -1.27. The number of aliphatic carboxylic acids is 1. The Hall–Kier alpha value is -2.28. The van der Waals surface area contributed by atoms with E-state index >= 15 is 0 Å². The molecule has 0 aromatic rings. The number of aliphatic hydroxyl groups is 9.